The Morgan fingerprint density at radius 2 is 2.19 bits per heavy atom. The standard InChI is InChI=1S/C19H23N3O4/c1-15-4-5-17(26-15)10-21-7-8-24-14-19(12-21)13-22(18(23)11-25-19)16-3-2-6-20-9-16/h2-6,9H,7-8,10-14H2,1H3/t19-/m0/s1. The Bertz CT molecular complexity index is 763. The summed E-state index contributed by atoms with van der Waals surface area (Å²) in [5.74, 6) is 1.78. The first kappa shape index (κ1) is 17.2. The van der Waals surface area contributed by atoms with Gasteiger partial charge in [-0.15, -0.1) is 0 Å². The molecular weight excluding hydrogens is 334 g/mol. The summed E-state index contributed by atoms with van der Waals surface area (Å²) in [5, 5.41) is 0. The van der Waals surface area contributed by atoms with Crippen LogP contribution in [0.3, 0.4) is 0 Å². The molecule has 0 N–H and O–H groups in total. The number of carbonyl (C=O) groups excluding carboxylic acids is 1. The molecular formula is C19H23N3O4. The van der Waals surface area contributed by atoms with Gasteiger partial charge in [-0.2, -0.15) is 0 Å². The highest BCUT2D eigenvalue weighted by molar-refractivity contribution is 5.95. The van der Waals surface area contributed by atoms with Gasteiger partial charge in [-0.05, 0) is 31.2 Å². The monoisotopic (exact) mass is 357 g/mol. The largest absolute Gasteiger partial charge is 0.465 e. The minimum absolute atomic E-state index is 0.0476. The number of carbonyl (C=O) groups is 1. The highest BCUT2D eigenvalue weighted by Crippen LogP contribution is 2.27. The van der Waals surface area contributed by atoms with Gasteiger partial charge in [0.25, 0.3) is 5.91 Å². The second-order valence-corrected chi connectivity index (χ2v) is 6.94. The fourth-order valence-corrected chi connectivity index (χ4v) is 3.56. The second-order valence-electron chi connectivity index (χ2n) is 6.94. The highest BCUT2D eigenvalue weighted by atomic mass is 16.6. The van der Waals surface area contributed by atoms with Gasteiger partial charge in [0.1, 0.15) is 23.7 Å². The number of pyridine rings is 1. The molecule has 1 spiro atoms. The lowest BCUT2D eigenvalue weighted by Gasteiger charge is -2.42. The number of amides is 1. The molecule has 1 atom stereocenters. The number of hydrogen-bond acceptors (Lipinski definition) is 6. The number of rotatable bonds is 3. The van der Waals surface area contributed by atoms with Gasteiger partial charge in [-0.3, -0.25) is 14.7 Å². The van der Waals surface area contributed by atoms with Crippen LogP contribution in [0.25, 0.3) is 0 Å². The number of aromatic nitrogens is 1. The molecule has 1 amide bonds. The van der Waals surface area contributed by atoms with Crippen LogP contribution in [0.5, 0.6) is 0 Å². The van der Waals surface area contributed by atoms with Crippen molar-refractivity contribution in [3.63, 3.8) is 0 Å². The van der Waals surface area contributed by atoms with Gasteiger partial charge in [0.05, 0.1) is 38.2 Å². The van der Waals surface area contributed by atoms with Crippen molar-refractivity contribution in [2.45, 2.75) is 19.1 Å². The van der Waals surface area contributed by atoms with Crippen molar-refractivity contribution in [1.29, 1.82) is 0 Å². The van der Waals surface area contributed by atoms with E-state index in [-0.39, 0.29) is 12.5 Å². The zero-order valence-corrected chi connectivity index (χ0v) is 14.9. The van der Waals surface area contributed by atoms with Crippen molar-refractivity contribution in [3.8, 4) is 0 Å². The number of aryl methyl sites for hydroxylation is 1. The van der Waals surface area contributed by atoms with E-state index in [0.717, 1.165) is 23.8 Å². The summed E-state index contributed by atoms with van der Waals surface area (Å²) in [6.07, 6.45) is 3.41. The van der Waals surface area contributed by atoms with E-state index in [1.165, 1.54) is 0 Å². The van der Waals surface area contributed by atoms with Gasteiger partial charge in [-0.1, -0.05) is 0 Å². The predicted octanol–water partition coefficient (Wildman–Crippen LogP) is 1.62. The molecule has 0 radical (unpaired) electrons. The summed E-state index contributed by atoms with van der Waals surface area (Å²) >= 11 is 0. The van der Waals surface area contributed by atoms with Crippen LogP contribution in [0.1, 0.15) is 11.5 Å². The first-order valence-corrected chi connectivity index (χ1v) is 8.83. The molecule has 0 saturated carbocycles. The zero-order chi connectivity index (χ0) is 18.0. The van der Waals surface area contributed by atoms with Crippen LogP contribution < -0.4 is 4.90 Å². The van der Waals surface area contributed by atoms with Crippen molar-refractivity contribution >= 4 is 11.6 Å². The molecule has 2 saturated heterocycles. The SMILES string of the molecule is Cc1ccc(CN2CCOC[C@]3(C2)CN(c2cccnc2)C(=O)CO3)o1. The molecule has 7 nitrogen and oxygen atoms in total. The summed E-state index contributed by atoms with van der Waals surface area (Å²) in [7, 11) is 0. The van der Waals surface area contributed by atoms with Crippen LogP contribution in [-0.2, 0) is 20.8 Å². The van der Waals surface area contributed by atoms with E-state index in [0.29, 0.717) is 32.8 Å². The summed E-state index contributed by atoms with van der Waals surface area (Å²) in [5.41, 5.74) is 0.236. The van der Waals surface area contributed by atoms with Gasteiger partial charge in [-0.25, -0.2) is 0 Å². The quantitative estimate of drug-likeness (QED) is 0.832. The molecule has 2 aromatic rings. The van der Waals surface area contributed by atoms with Crippen LogP contribution in [-0.4, -0.2) is 60.8 Å². The van der Waals surface area contributed by atoms with Gasteiger partial charge in [0.15, 0.2) is 0 Å². The van der Waals surface area contributed by atoms with E-state index in [1.807, 2.05) is 31.2 Å². The van der Waals surface area contributed by atoms with E-state index in [4.69, 9.17) is 13.9 Å². The first-order valence-electron chi connectivity index (χ1n) is 8.83. The smallest absolute Gasteiger partial charge is 0.253 e. The maximum Gasteiger partial charge on any atom is 0.253 e. The molecule has 26 heavy (non-hydrogen) atoms. The number of morpholine rings is 1. The van der Waals surface area contributed by atoms with Gasteiger partial charge in [0.2, 0.25) is 0 Å². The second kappa shape index (κ2) is 7.19. The lowest BCUT2D eigenvalue weighted by Crippen LogP contribution is -2.60. The molecule has 2 fully saturated rings. The summed E-state index contributed by atoms with van der Waals surface area (Å²) in [6, 6.07) is 7.70. The molecule has 2 aliphatic heterocycles. The number of hydrogen-bond donors (Lipinski definition) is 0. The van der Waals surface area contributed by atoms with Crippen molar-refractivity contribution in [2.75, 3.05) is 44.4 Å². The lowest BCUT2D eigenvalue weighted by atomic mass is 10.0. The van der Waals surface area contributed by atoms with Crippen molar-refractivity contribution < 1.29 is 18.7 Å². The Hall–Kier alpha value is -2.22. The van der Waals surface area contributed by atoms with Crippen LogP contribution >= 0.6 is 0 Å². The molecule has 4 heterocycles. The Balaban J connectivity index is 1.52. The summed E-state index contributed by atoms with van der Waals surface area (Å²) in [6.45, 7) is 5.71. The number of furan rings is 1. The van der Waals surface area contributed by atoms with Crippen molar-refractivity contribution in [1.82, 2.24) is 9.88 Å². The number of nitrogens with zero attached hydrogens (tertiary/aromatic N) is 3. The first-order chi connectivity index (χ1) is 12.6. The van der Waals surface area contributed by atoms with E-state index >= 15 is 0 Å². The Morgan fingerprint density at radius 3 is 2.96 bits per heavy atom. The molecule has 0 aliphatic carbocycles. The van der Waals surface area contributed by atoms with Crippen LogP contribution in [0.2, 0.25) is 0 Å². The zero-order valence-electron chi connectivity index (χ0n) is 14.9. The van der Waals surface area contributed by atoms with Gasteiger partial charge in [0, 0.05) is 19.3 Å². The molecule has 2 aliphatic rings. The topological polar surface area (TPSA) is 68.0 Å². The van der Waals surface area contributed by atoms with E-state index in [9.17, 15) is 4.79 Å². The molecule has 0 aromatic carbocycles. The van der Waals surface area contributed by atoms with Crippen LogP contribution in [0.15, 0.2) is 41.1 Å². The predicted molar refractivity (Wildman–Crippen MR) is 94.8 cm³/mol. The number of ether oxygens (including phenoxy) is 2. The fraction of sp³-hybridized carbons (Fsp3) is 0.474. The minimum atomic E-state index is -0.554. The maximum absolute atomic E-state index is 12.4. The third-order valence-electron chi connectivity index (χ3n) is 4.81. The normalized spacial score (nSPS) is 24.8. The minimum Gasteiger partial charge on any atom is -0.465 e. The van der Waals surface area contributed by atoms with Gasteiger partial charge < -0.3 is 18.8 Å². The summed E-state index contributed by atoms with van der Waals surface area (Å²) in [4.78, 5) is 20.5. The Morgan fingerprint density at radius 1 is 1.27 bits per heavy atom. The average molecular weight is 357 g/mol. The molecule has 2 aromatic heterocycles. The molecule has 0 unspecified atom stereocenters. The van der Waals surface area contributed by atoms with Gasteiger partial charge >= 0.3 is 0 Å². The summed E-state index contributed by atoms with van der Waals surface area (Å²) < 4.78 is 17.6. The third kappa shape index (κ3) is 3.65. The molecule has 4 rings (SSSR count). The number of anilines is 1. The molecule has 0 bridgehead atoms. The molecule has 138 valence electrons. The Kier molecular flexibility index (Phi) is 4.76. The average Bonchev–Trinajstić information content (AvgIpc) is 2.95. The lowest BCUT2D eigenvalue weighted by molar-refractivity contribution is -0.146. The highest BCUT2D eigenvalue weighted by Gasteiger charge is 2.43. The maximum atomic E-state index is 12.4. The van der Waals surface area contributed by atoms with Crippen LogP contribution in [0.4, 0.5) is 5.69 Å². The van der Waals surface area contributed by atoms with Crippen molar-refractivity contribution in [2.24, 2.45) is 0 Å². The third-order valence-corrected chi connectivity index (χ3v) is 4.81. The van der Waals surface area contributed by atoms with E-state index in [1.54, 1.807) is 17.3 Å². The van der Waals surface area contributed by atoms with Crippen molar-refractivity contribution in [3.05, 3.63) is 48.2 Å². The van der Waals surface area contributed by atoms with Crippen LogP contribution in [0, 0.1) is 6.92 Å². The van der Waals surface area contributed by atoms with E-state index in [2.05, 4.69) is 9.88 Å². The molecule has 7 heteroatoms. The van der Waals surface area contributed by atoms with E-state index < -0.39 is 5.60 Å². The fourth-order valence-electron chi connectivity index (χ4n) is 3.56. The Labute approximate surface area is 152 Å².